The molecule has 0 aromatic carbocycles. The minimum Gasteiger partial charge on any atom is -0.418 e. The van der Waals surface area contributed by atoms with Crippen LogP contribution in [0, 0.1) is 5.82 Å². The van der Waals surface area contributed by atoms with Crippen molar-refractivity contribution >= 4 is 0 Å². The Kier molecular flexibility index (Phi) is 2.91. The fourth-order valence-corrected chi connectivity index (χ4v) is 1.14. The zero-order valence-electron chi connectivity index (χ0n) is 8.94. The van der Waals surface area contributed by atoms with E-state index < -0.39 is 5.82 Å². The Morgan fingerprint density at radius 3 is 2.81 bits per heavy atom. The zero-order chi connectivity index (χ0) is 11.5. The van der Waals surface area contributed by atoms with Crippen molar-refractivity contribution in [2.45, 2.75) is 13.0 Å². The van der Waals surface area contributed by atoms with Gasteiger partial charge in [0.15, 0.2) is 0 Å². The van der Waals surface area contributed by atoms with Gasteiger partial charge in [0, 0.05) is 0 Å². The van der Waals surface area contributed by atoms with Gasteiger partial charge < -0.3 is 9.73 Å². The maximum Gasteiger partial charge on any atom is 0.266 e. The first kappa shape index (κ1) is 10.7. The van der Waals surface area contributed by atoms with Gasteiger partial charge in [0.25, 0.3) is 5.89 Å². The van der Waals surface area contributed by atoms with Gasteiger partial charge in [-0.2, -0.15) is 0 Å². The van der Waals surface area contributed by atoms with Crippen molar-refractivity contribution in [1.29, 1.82) is 0 Å². The minimum atomic E-state index is -0.396. The van der Waals surface area contributed by atoms with E-state index in [4.69, 9.17) is 4.42 Å². The molecule has 0 radical (unpaired) electrons. The summed E-state index contributed by atoms with van der Waals surface area (Å²) in [5.74, 6) is 0.368. The largest absolute Gasteiger partial charge is 0.418 e. The molecule has 1 N–H and O–H groups in total. The number of nitrogens with one attached hydrogen (secondary N) is 1. The number of nitrogens with zero attached hydrogens (tertiary/aromatic N) is 3. The van der Waals surface area contributed by atoms with Crippen molar-refractivity contribution < 1.29 is 8.81 Å². The zero-order valence-corrected chi connectivity index (χ0v) is 8.94. The van der Waals surface area contributed by atoms with Gasteiger partial charge in [-0.3, -0.25) is 0 Å². The summed E-state index contributed by atoms with van der Waals surface area (Å²) in [4.78, 5) is 3.86. The molecule has 6 heteroatoms. The van der Waals surface area contributed by atoms with Crippen LogP contribution < -0.4 is 5.32 Å². The van der Waals surface area contributed by atoms with Crippen LogP contribution in [0.4, 0.5) is 4.39 Å². The Morgan fingerprint density at radius 2 is 2.19 bits per heavy atom. The van der Waals surface area contributed by atoms with Gasteiger partial charge in [-0.25, -0.2) is 9.37 Å². The number of aromatic nitrogens is 3. The van der Waals surface area contributed by atoms with E-state index in [-0.39, 0.29) is 11.9 Å². The summed E-state index contributed by atoms with van der Waals surface area (Å²) < 4.78 is 18.0. The Balaban J connectivity index is 2.28. The summed E-state index contributed by atoms with van der Waals surface area (Å²) in [6, 6.07) is 2.77. The molecule has 0 saturated carbocycles. The topological polar surface area (TPSA) is 63.8 Å². The van der Waals surface area contributed by atoms with Crippen molar-refractivity contribution in [3.05, 3.63) is 30.0 Å². The van der Waals surface area contributed by atoms with Crippen LogP contribution in [0.2, 0.25) is 0 Å². The molecule has 0 aliphatic rings. The van der Waals surface area contributed by atoms with E-state index in [9.17, 15) is 4.39 Å². The molecule has 0 amide bonds. The molecule has 0 bridgehead atoms. The van der Waals surface area contributed by atoms with Gasteiger partial charge in [0.05, 0.1) is 12.2 Å². The molecule has 0 aliphatic heterocycles. The molecule has 2 aromatic rings. The van der Waals surface area contributed by atoms with Crippen LogP contribution in [0.25, 0.3) is 11.6 Å². The van der Waals surface area contributed by atoms with Crippen molar-refractivity contribution in [3.8, 4) is 11.6 Å². The summed E-state index contributed by atoms with van der Waals surface area (Å²) in [7, 11) is 1.80. The van der Waals surface area contributed by atoms with Gasteiger partial charge in [-0.05, 0) is 26.1 Å². The highest BCUT2D eigenvalue weighted by atomic mass is 19.1. The van der Waals surface area contributed by atoms with Crippen LogP contribution in [-0.2, 0) is 0 Å². The van der Waals surface area contributed by atoms with Gasteiger partial charge in [0.2, 0.25) is 5.89 Å². The molecule has 2 rings (SSSR count). The lowest BCUT2D eigenvalue weighted by Crippen LogP contribution is -2.12. The number of halogens is 1. The third-order valence-corrected chi connectivity index (χ3v) is 2.19. The van der Waals surface area contributed by atoms with E-state index in [0.29, 0.717) is 11.6 Å². The van der Waals surface area contributed by atoms with Gasteiger partial charge in [-0.15, -0.1) is 10.2 Å². The van der Waals surface area contributed by atoms with E-state index in [1.54, 1.807) is 7.05 Å². The highest BCUT2D eigenvalue weighted by Gasteiger charge is 2.13. The van der Waals surface area contributed by atoms with Crippen LogP contribution in [0.5, 0.6) is 0 Å². The normalized spacial score (nSPS) is 12.7. The SMILES string of the molecule is CNC(C)c1nnc(-c2ccc(F)cn2)o1. The maximum absolute atomic E-state index is 12.7. The van der Waals surface area contributed by atoms with Crippen LogP contribution in [0.3, 0.4) is 0 Å². The van der Waals surface area contributed by atoms with E-state index in [1.165, 1.54) is 12.1 Å². The maximum atomic E-state index is 12.7. The fraction of sp³-hybridized carbons (Fsp3) is 0.300. The molecule has 1 unspecified atom stereocenters. The fourth-order valence-electron chi connectivity index (χ4n) is 1.14. The molecule has 2 aromatic heterocycles. The lowest BCUT2D eigenvalue weighted by Gasteiger charge is -2.02. The molecule has 1 atom stereocenters. The highest BCUT2D eigenvalue weighted by molar-refractivity contribution is 5.45. The van der Waals surface area contributed by atoms with Crippen LogP contribution in [0.1, 0.15) is 18.9 Å². The van der Waals surface area contributed by atoms with Crippen LogP contribution in [0.15, 0.2) is 22.7 Å². The predicted molar refractivity (Wildman–Crippen MR) is 55.0 cm³/mol. The lowest BCUT2D eigenvalue weighted by atomic mass is 10.3. The second kappa shape index (κ2) is 4.36. The molecule has 5 nitrogen and oxygen atoms in total. The first-order valence-electron chi connectivity index (χ1n) is 4.83. The van der Waals surface area contributed by atoms with E-state index >= 15 is 0 Å². The molecule has 84 valence electrons. The third-order valence-electron chi connectivity index (χ3n) is 2.19. The predicted octanol–water partition coefficient (Wildman–Crippen LogP) is 1.55. The quantitative estimate of drug-likeness (QED) is 0.853. The minimum absolute atomic E-state index is 0.0262. The molecular formula is C10H11FN4O. The molecule has 2 heterocycles. The number of rotatable bonds is 3. The molecule has 0 fully saturated rings. The van der Waals surface area contributed by atoms with Gasteiger partial charge in [-0.1, -0.05) is 0 Å². The summed E-state index contributed by atoms with van der Waals surface area (Å²) in [5, 5.41) is 10.7. The second-order valence-electron chi connectivity index (χ2n) is 3.32. The molecule has 0 aliphatic carbocycles. The molecule has 0 spiro atoms. The Labute approximate surface area is 91.7 Å². The molecular weight excluding hydrogens is 211 g/mol. The van der Waals surface area contributed by atoms with E-state index in [0.717, 1.165) is 6.20 Å². The summed E-state index contributed by atoms with van der Waals surface area (Å²) in [6.07, 6.45) is 1.11. The van der Waals surface area contributed by atoms with Crippen molar-refractivity contribution in [1.82, 2.24) is 20.5 Å². The average molecular weight is 222 g/mol. The monoisotopic (exact) mass is 222 g/mol. The summed E-state index contributed by atoms with van der Waals surface area (Å²) in [5.41, 5.74) is 0.462. The third kappa shape index (κ3) is 2.06. The van der Waals surface area contributed by atoms with Crippen LogP contribution >= 0.6 is 0 Å². The standard InChI is InChI=1S/C10H11FN4O/c1-6(12-2)9-14-15-10(16-9)8-4-3-7(11)5-13-8/h3-6,12H,1-2H3. The number of hydrogen-bond acceptors (Lipinski definition) is 5. The lowest BCUT2D eigenvalue weighted by molar-refractivity contribution is 0.440. The Morgan fingerprint density at radius 1 is 1.38 bits per heavy atom. The Bertz CT molecular complexity index is 468. The summed E-state index contributed by atoms with van der Waals surface area (Å²) in [6.45, 7) is 1.90. The number of pyridine rings is 1. The van der Waals surface area contributed by atoms with Crippen LogP contribution in [-0.4, -0.2) is 22.2 Å². The first-order chi connectivity index (χ1) is 7.70. The summed E-state index contributed by atoms with van der Waals surface area (Å²) >= 11 is 0. The van der Waals surface area contributed by atoms with Crippen molar-refractivity contribution in [2.24, 2.45) is 0 Å². The number of hydrogen-bond donors (Lipinski definition) is 1. The van der Waals surface area contributed by atoms with Crippen molar-refractivity contribution in [3.63, 3.8) is 0 Å². The van der Waals surface area contributed by atoms with Gasteiger partial charge >= 0.3 is 0 Å². The highest BCUT2D eigenvalue weighted by Crippen LogP contribution is 2.18. The first-order valence-corrected chi connectivity index (χ1v) is 4.83. The second-order valence-corrected chi connectivity index (χ2v) is 3.32. The van der Waals surface area contributed by atoms with E-state index in [1.807, 2.05) is 6.92 Å². The molecule has 16 heavy (non-hydrogen) atoms. The molecule has 0 saturated heterocycles. The van der Waals surface area contributed by atoms with Crippen molar-refractivity contribution in [2.75, 3.05) is 7.05 Å². The smallest absolute Gasteiger partial charge is 0.266 e. The van der Waals surface area contributed by atoms with Gasteiger partial charge in [0.1, 0.15) is 11.5 Å². The van der Waals surface area contributed by atoms with E-state index in [2.05, 4.69) is 20.5 Å². The average Bonchev–Trinajstić information content (AvgIpc) is 2.78. The Hall–Kier alpha value is -1.82.